The molecule has 0 atom stereocenters. The Bertz CT molecular complexity index is 488. The second kappa shape index (κ2) is 4.49. The zero-order valence-electron chi connectivity index (χ0n) is 9.64. The number of nitrogens with zero attached hydrogens (tertiary/aromatic N) is 2. The van der Waals surface area contributed by atoms with Crippen molar-refractivity contribution in [3.8, 4) is 5.69 Å². The maximum atomic E-state index is 9.07. The molecule has 2 rings (SSSR count). The van der Waals surface area contributed by atoms with E-state index in [0.717, 1.165) is 17.8 Å². The van der Waals surface area contributed by atoms with E-state index >= 15 is 0 Å². The van der Waals surface area contributed by atoms with Crippen LogP contribution in [0.2, 0.25) is 0 Å². The molecule has 3 nitrogen and oxygen atoms in total. The molecule has 0 saturated heterocycles. The number of aliphatic hydroxyl groups excluding tert-OH is 1. The van der Waals surface area contributed by atoms with Gasteiger partial charge in [-0.05, 0) is 31.0 Å². The number of benzene rings is 1. The highest BCUT2D eigenvalue weighted by Gasteiger charge is 2.08. The van der Waals surface area contributed by atoms with E-state index in [9.17, 15) is 0 Å². The van der Waals surface area contributed by atoms with Gasteiger partial charge >= 0.3 is 0 Å². The molecule has 1 N–H and O–H groups in total. The Kier molecular flexibility index (Phi) is 3.06. The van der Waals surface area contributed by atoms with Crippen LogP contribution in [0.25, 0.3) is 5.69 Å². The standard InChI is InChI=1S/C13H16N2O/c1-3-11-6-4-5-7-13(11)15-10(2)8-12(9-16)14-15/h4-8,16H,3,9H2,1-2H3. The molecule has 0 fully saturated rings. The Morgan fingerprint density at radius 1 is 1.31 bits per heavy atom. The molecule has 0 aliphatic heterocycles. The highest BCUT2D eigenvalue weighted by atomic mass is 16.3. The van der Waals surface area contributed by atoms with E-state index in [1.54, 1.807) is 0 Å². The quantitative estimate of drug-likeness (QED) is 0.854. The van der Waals surface area contributed by atoms with Crippen molar-refractivity contribution < 1.29 is 5.11 Å². The average molecular weight is 216 g/mol. The number of hydrogen-bond acceptors (Lipinski definition) is 2. The SMILES string of the molecule is CCc1ccccc1-n1nc(CO)cc1C. The average Bonchev–Trinajstić information content (AvgIpc) is 2.70. The predicted molar refractivity (Wildman–Crippen MR) is 63.6 cm³/mol. The molecule has 0 radical (unpaired) electrons. The van der Waals surface area contributed by atoms with Gasteiger partial charge in [-0.1, -0.05) is 25.1 Å². The third kappa shape index (κ3) is 1.86. The zero-order chi connectivity index (χ0) is 11.5. The minimum Gasteiger partial charge on any atom is -0.390 e. The third-order valence-electron chi connectivity index (χ3n) is 2.70. The largest absolute Gasteiger partial charge is 0.390 e. The minimum absolute atomic E-state index is 0.0118. The topological polar surface area (TPSA) is 38.0 Å². The highest BCUT2D eigenvalue weighted by Crippen LogP contribution is 2.17. The van der Waals surface area contributed by atoms with E-state index in [0.29, 0.717) is 5.69 Å². The normalized spacial score (nSPS) is 10.7. The van der Waals surface area contributed by atoms with Crippen molar-refractivity contribution in [3.05, 3.63) is 47.3 Å². The van der Waals surface area contributed by atoms with Crippen molar-refractivity contribution >= 4 is 0 Å². The van der Waals surface area contributed by atoms with Gasteiger partial charge in [0, 0.05) is 5.69 Å². The van der Waals surface area contributed by atoms with Gasteiger partial charge in [-0.15, -0.1) is 0 Å². The first-order chi connectivity index (χ1) is 7.76. The summed E-state index contributed by atoms with van der Waals surface area (Å²) in [6.07, 6.45) is 0.976. The van der Waals surface area contributed by atoms with Gasteiger partial charge in [0.25, 0.3) is 0 Å². The van der Waals surface area contributed by atoms with Crippen LogP contribution in [0.3, 0.4) is 0 Å². The number of aliphatic hydroxyl groups is 1. The first kappa shape index (κ1) is 10.9. The summed E-state index contributed by atoms with van der Waals surface area (Å²) in [4.78, 5) is 0. The van der Waals surface area contributed by atoms with Crippen LogP contribution in [0.15, 0.2) is 30.3 Å². The summed E-state index contributed by atoms with van der Waals surface area (Å²) in [5.74, 6) is 0. The Morgan fingerprint density at radius 3 is 2.69 bits per heavy atom. The Hall–Kier alpha value is -1.61. The fourth-order valence-corrected chi connectivity index (χ4v) is 1.88. The van der Waals surface area contributed by atoms with E-state index in [2.05, 4.69) is 24.2 Å². The molecule has 0 aliphatic carbocycles. The summed E-state index contributed by atoms with van der Waals surface area (Å²) in [6, 6.07) is 10.1. The van der Waals surface area contributed by atoms with E-state index < -0.39 is 0 Å². The number of aryl methyl sites for hydroxylation is 2. The molecule has 1 aromatic heterocycles. The van der Waals surface area contributed by atoms with E-state index in [-0.39, 0.29) is 6.61 Å². The van der Waals surface area contributed by atoms with Gasteiger partial charge in [0.1, 0.15) is 0 Å². The van der Waals surface area contributed by atoms with Crippen LogP contribution in [-0.2, 0) is 13.0 Å². The molecular weight excluding hydrogens is 200 g/mol. The lowest BCUT2D eigenvalue weighted by Gasteiger charge is -2.09. The van der Waals surface area contributed by atoms with Crippen molar-refractivity contribution in [1.82, 2.24) is 9.78 Å². The fraction of sp³-hybridized carbons (Fsp3) is 0.308. The van der Waals surface area contributed by atoms with E-state index in [1.165, 1.54) is 5.56 Å². The summed E-state index contributed by atoms with van der Waals surface area (Å²) in [7, 11) is 0. The Labute approximate surface area is 95.3 Å². The molecule has 1 heterocycles. The van der Waals surface area contributed by atoms with Crippen LogP contribution < -0.4 is 0 Å². The minimum atomic E-state index is -0.0118. The summed E-state index contributed by atoms with van der Waals surface area (Å²) < 4.78 is 1.89. The van der Waals surface area contributed by atoms with Crippen LogP contribution in [0, 0.1) is 6.92 Å². The summed E-state index contributed by atoms with van der Waals surface area (Å²) in [5.41, 5.74) is 4.12. The van der Waals surface area contributed by atoms with Crippen molar-refractivity contribution in [2.45, 2.75) is 26.9 Å². The molecule has 84 valence electrons. The predicted octanol–water partition coefficient (Wildman–Crippen LogP) is 2.24. The molecule has 0 saturated carbocycles. The van der Waals surface area contributed by atoms with Gasteiger partial charge in [0.2, 0.25) is 0 Å². The molecule has 0 bridgehead atoms. The lowest BCUT2D eigenvalue weighted by Crippen LogP contribution is -2.03. The van der Waals surface area contributed by atoms with Crippen LogP contribution in [0.5, 0.6) is 0 Å². The number of hydrogen-bond donors (Lipinski definition) is 1. The highest BCUT2D eigenvalue weighted by molar-refractivity contribution is 5.41. The smallest absolute Gasteiger partial charge is 0.0886 e. The summed E-state index contributed by atoms with van der Waals surface area (Å²) >= 11 is 0. The van der Waals surface area contributed by atoms with Gasteiger partial charge in [0.05, 0.1) is 18.0 Å². The first-order valence-corrected chi connectivity index (χ1v) is 5.51. The number of aromatic nitrogens is 2. The zero-order valence-corrected chi connectivity index (χ0v) is 9.64. The van der Waals surface area contributed by atoms with E-state index in [4.69, 9.17) is 5.11 Å². The molecular formula is C13H16N2O. The molecule has 2 aromatic rings. The number of rotatable bonds is 3. The van der Waals surface area contributed by atoms with Gasteiger partial charge < -0.3 is 5.11 Å². The molecule has 16 heavy (non-hydrogen) atoms. The molecule has 0 aliphatic rings. The molecule has 3 heteroatoms. The van der Waals surface area contributed by atoms with Crippen molar-refractivity contribution in [1.29, 1.82) is 0 Å². The van der Waals surface area contributed by atoms with Crippen LogP contribution in [0.1, 0.15) is 23.9 Å². The maximum absolute atomic E-state index is 9.07. The lowest BCUT2D eigenvalue weighted by molar-refractivity contribution is 0.276. The van der Waals surface area contributed by atoms with Gasteiger partial charge in [-0.2, -0.15) is 5.10 Å². The second-order valence-corrected chi connectivity index (χ2v) is 3.83. The van der Waals surface area contributed by atoms with Crippen LogP contribution in [0.4, 0.5) is 0 Å². The van der Waals surface area contributed by atoms with Crippen molar-refractivity contribution in [2.75, 3.05) is 0 Å². The van der Waals surface area contributed by atoms with Crippen LogP contribution >= 0.6 is 0 Å². The fourth-order valence-electron chi connectivity index (χ4n) is 1.88. The van der Waals surface area contributed by atoms with Crippen molar-refractivity contribution in [2.24, 2.45) is 0 Å². The summed E-state index contributed by atoms with van der Waals surface area (Å²) in [5, 5.41) is 13.4. The maximum Gasteiger partial charge on any atom is 0.0886 e. The van der Waals surface area contributed by atoms with Crippen LogP contribution in [-0.4, -0.2) is 14.9 Å². The van der Waals surface area contributed by atoms with E-state index in [1.807, 2.05) is 29.8 Å². The molecule has 0 spiro atoms. The Balaban J connectivity index is 2.53. The molecule has 1 aromatic carbocycles. The number of para-hydroxylation sites is 1. The lowest BCUT2D eigenvalue weighted by atomic mass is 10.1. The first-order valence-electron chi connectivity index (χ1n) is 5.51. The van der Waals surface area contributed by atoms with Crippen molar-refractivity contribution in [3.63, 3.8) is 0 Å². The van der Waals surface area contributed by atoms with Gasteiger partial charge in [0.15, 0.2) is 0 Å². The third-order valence-corrected chi connectivity index (χ3v) is 2.70. The molecule has 0 unspecified atom stereocenters. The molecule has 0 amide bonds. The monoisotopic (exact) mass is 216 g/mol. The van der Waals surface area contributed by atoms with Gasteiger partial charge in [-0.3, -0.25) is 0 Å². The second-order valence-electron chi connectivity index (χ2n) is 3.83. The Morgan fingerprint density at radius 2 is 2.06 bits per heavy atom. The van der Waals surface area contributed by atoms with Gasteiger partial charge in [-0.25, -0.2) is 4.68 Å². The summed E-state index contributed by atoms with van der Waals surface area (Å²) in [6.45, 7) is 4.12.